The van der Waals surface area contributed by atoms with Gasteiger partial charge in [-0.3, -0.25) is 0 Å². The summed E-state index contributed by atoms with van der Waals surface area (Å²) >= 11 is 0. The summed E-state index contributed by atoms with van der Waals surface area (Å²) in [5, 5.41) is 14.6. The summed E-state index contributed by atoms with van der Waals surface area (Å²) in [5.41, 5.74) is 4.02. The third kappa shape index (κ3) is 6.21. The molecule has 2 aromatic heterocycles. The quantitative estimate of drug-likeness (QED) is 0.159. The number of fused-ring (bicyclic) bond motifs is 6. The van der Waals surface area contributed by atoms with Gasteiger partial charge in [-0.15, -0.1) is 0 Å². The van der Waals surface area contributed by atoms with Crippen LogP contribution in [0.1, 0.15) is 27.8 Å². The molecule has 8 aromatic carbocycles. The molecule has 0 aliphatic heterocycles. The van der Waals surface area contributed by atoms with Crippen molar-refractivity contribution in [3.63, 3.8) is 0 Å². The minimum absolute atomic E-state index is 0.107. The molecule has 0 fully saturated rings. The molecule has 0 saturated carbocycles. The van der Waals surface area contributed by atoms with Crippen LogP contribution < -0.4 is 0 Å². The van der Waals surface area contributed by atoms with E-state index < -0.39 is 34.6 Å². The van der Waals surface area contributed by atoms with Crippen LogP contribution in [0.3, 0.4) is 0 Å². The Morgan fingerprint density at radius 3 is 1.39 bits per heavy atom. The fourth-order valence-electron chi connectivity index (χ4n) is 9.08. The molecule has 0 aliphatic carbocycles. The average molecular weight is 826 g/mol. The average Bonchev–Trinajstić information content (AvgIpc) is 3.77. The van der Waals surface area contributed by atoms with Crippen molar-refractivity contribution in [2.45, 2.75) is 26.2 Å². The minimum Gasteiger partial charge on any atom is -0.308 e. The number of aromatic nitrogens is 2. The number of nitriles is 1. The number of aryl methyl sites for hydroxylation is 2. The molecule has 0 N–H and O–H groups in total. The maximum Gasteiger partial charge on any atom is 0.417 e. The number of hydrogen-bond acceptors (Lipinski definition) is 1. The van der Waals surface area contributed by atoms with E-state index in [4.69, 9.17) is 0 Å². The highest BCUT2D eigenvalue weighted by Gasteiger charge is 2.42. The van der Waals surface area contributed by atoms with Crippen molar-refractivity contribution in [1.82, 2.24) is 9.13 Å². The molecule has 3 nitrogen and oxygen atoms in total. The fourth-order valence-corrected chi connectivity index (χ4v) is 9.08. The maximum absolute atomic E-state index is 15.1. The highest BCUT2D eigenvalue weighted by molar-refractivity contribution is 6.13. The van der Waals surface area contributed by atoms with Gasteiger partial charge in [-0.05, 0) is 90.7 Å². The van der Waals surface area contributed by atoms with Crippen LogP contribution in [-0.2, 0) is 12.4 Å². The van der Waals surface area contributed by atoms with Gasteiger partial charge < -0.3 is 9.13 Å². The molecule has 0 bridgehead atoms. The fraction of sp³-hybridized carbons (Fsp3) is 0.0755. The molecule has 302 valence electrons. The lowest BCUT2D eigenvalue weighted by molar-refractivity contribution is -0.142. The van der Waals surface area contributed by atoms with Crippen molar-refractivity contribution >= 4 is 43.6 Å². The van der Waals surface area contributed by atoms with Crippen LogP contribution >= 0.6 is 0 Å². The Hall–Kier alpha value is -7.57. The third-order valence-corrected chi connectivity index (χ3v) is 11.7. The van der Waals surface area contributed by atoms with E-state index in [-0.39, 0.29) is 11.3 Å². The van der Waals surface area contributed by atoms with Gasteiger partial charge in [0.2, 0.25) is 0 Å². The Balaban J connectivity index is 1.35. The van der Waals surface area contributed by atoms with Crippen molar-refractivity contribution in [2.24, 2.45) is 0 Å². The van der Waals surface area contributed by atoms with Crippen LogP contribution in [0.5, 0.6) is 0 Å². The Labute approximate surface area is 351 Å². The lowest BCUT2D eigenvalue weighted by Crippen LogP contribution is -2.16. The Kier molecular flexibility index (Phi) is 8.89. The van der Waals surface area contributed by atoms with E-state index in [0.717, 1.165) is 50.2 Å². The number of nitrogens with zero attached hydrogens (tertiary/aromatic N) is 3. The first-order chi connectivity index (χ1) is 29.8. The predicted octanol–water partition coefficient (Wildman–Crippen LogP) is 15.4. The molecule has 0 spiro atoms. The molecule has 0 saturated heterocycles. The number of alkyl halides is 6. The van der Waals surface area contributed by atoms with Gasteiger partial charge in [0.05, 0.1) is 44.6 Å². The highest BCUT2D eigenvalue weighted by Crippen LogP contribution is 2.49. The molecule has 10 rings (SSSR count). The van der Waals surface area contributed by atoms with Crippen LogP contribution in [-0.4, -0.2) is 9.13 Å². The van der Waals surface area contributed by atoms with Crippen molar-refractivity contribution < 1.29 is 26.3 Å². The van der Waals surface area contributed by atoms with Crippen LogP contribution in [0.4, 0.5) is 26.3 Å². The minimum atomic E-state index is -5.18. The Bertz CT molecular complexity index is 3450. The zero-order chi connectivity index (χ0) is 43.1. The predicted molar refractivity (Wildman–Crippen MR) is 236 cm³/mol. The number of halogens is 6. The first-order valence-corrected chi connectivity index (χ1v) is 19.9. The molecule has 9 heteroatoms. The van der Waals surface area contributed by atoms with Gasteiger partial charge in [0, 0.05) is 32.7 Å². The lowest BCUT2D eigenvalue weighted by atomic mass is 9.90. The summed E-state index contributed by atoms with van der Waals surface area (Å²) in [7, 11) is 0. The summed E-state index contributed by atoms with van der Waals surface area (Å²) in [6.45, 7) is 4.00. The largest absolute Gasteiger partial charge is 0.417 e. The highest BCUT2D eigenvalue weighted by atomic mass is 19.4. The normalized spacial score (nSPS) is 12.2. The topological polar surface area (TPSA) is 33.6 Å². The van der Waals surface area contributed by atoms with Crippen molar-refractivity contribution in [3.05, 3.63) is 192 Å². The van der Waals surface area contributed by atoms with Gasteiger partial charge in [0.15, 0.2) is 0 Å². The zero-order valence-electron chi connectivity index (χ0n) is 33.2. The van der Waals surface area contributed by atoms with Gasteiger partial charge in [-0.2, -0.15) is 31.6 Å². The number of hydrogen-bond donors (Lipinski definition) is 0. The number of para-hydroxylation sites is 2. The molecule has 2 heterocycles. The second-order valence-corrected chi connectivity index (χ2v) is 15.6. The van der Waals surface area contributed by atoms with Gasteiger partial charge in [-0.1, -0.05) is 120 Å². The SMILES string of the molecule is Cc1cccc(-c2ccc3c(c2)c2ccccc2n3-c2ccc(-c3c(C(F)(F)F)cccc3C(F)(F)F)c(-n3c4ccccc4c4cc(-c5cccc(C)c5)ccc43)c2C#N)c1. The summed E-state index contributed by atoms with van der Waals surface area (Å²) < 4.78 is 94.0. The molecule has 0 radical (unpaired) electrons. The molecule has 0 atom stereocenters. The maximum atomic E-state index is 15.1. The van der Waals surface area contributed by atoms with Gasteiger partial charge in [0.25, 0.3) is 0 Å². The molecule has 0 unspecified atom stereocenters. The number of rotatable bonds is 5. The molecular weight excluding hydrogens is 793 g/mol. The van der Waals surface area contributed by atoms with Crippen LogP contribution in [0, 0.1) is 25.2 Å². The molecule has 0 aliphatic rings. The standard InChI is InChI=1S/C53H33F6N3/c1-31-10-7-12-33(26-31)35-20-23-47-40(28-35)37-14-3-5-18-45(37)61(47)49-25-22-39(50-43(52(54,55)56)16-9-17-44(50)53(57,58)59)51(42(49)30-60)62-46-19-6-4-15-38(46)41-29-36(21-24-48(41)62)34-13-8-11-32(2)27-34/h3-29H,1-2H3. The lowest BCUT2D eigenvalue weighted by Gasteiger charge is -2.24. The number of benzene rings is 8. The van der Waals surface area contributed by atoms with Gasteiger partial charge >= 0.3 is 12.4 Å². The Morgan fingerprint density at radius 2 is 0.887 bits per heavy atom. The van der Waals surface area contributed by atoms with Crippen molar-refractivity contribution in [2.75, 3.05) is 0 Å². The van der Waals surface area contributed by atoms with E-state index in [0.29, 0.717) is 50.7 Å². The summed E-state index contributed by atoms with van der Waals surface area (Å²) in [4.78, 5) is 0. The van der Waals surface area contributed by atoms with E-state index in [1.54, 1.807) is 16.7 Å². The van der Waals surface area contributed by atoms with Crippen LogP contribution in [0.15, 0.2) is 164 Å². The second kappa shape index (κ2) is 14.3. The van der Waals surface area contributed by atoms with Crippen molar-refractivity contribution in [1.29, 1.82) is 5.26 Å². The van der Waals surface area contributed by atoms with E-state index in [1.807, 2.05) is 128 Å². The molecule has 62 heavy (non-hydrogen) atoms. The van der Waals surface area contributed by atoms with Gasteiger partial charge in [0.1, 0.15) is 11.6 Å². The summed E-state index contributed by atoms with van der Waals surface area (Å²) in [5.74, 6) is 0. The second-order valence-electron chi connectivity index (χ2n) is 15.6. The van der Waals surface area contributed by atoms with E-state index in [9.17, 15) is 5.26 Å². The Morgan fingerprint density at radius 1 is 0.435 bits per heavy atom. The third-order valence-electron chi connectivity index (χ3n) is 11.7. The monoisotopic (exact) mass is 825 g/mol. The molecule has 10 aromatic rings. The van der Waals surface area contributed by atoms with E-state index >= 15 is 26.3 Å². The smallest absolute Gasteiger partial charge is 0.308 e. The molecular formula is C53H33F6N3. The summed E-state index contributed by atoms with van der Waals surface area (Å²) in [6.07, 6.45) is -10.4. The van der Waals surface area contributed by atoms with Crippen LogP contribution in [0.2, 0.25) is 0 Å². The summed E-state index contributed by atoms with van der Waals surface area (Å²) in [6, 6.07) is 49.7. The zero-order valence-corrected chi connectivity index (χ0v) is 33.2. The van der Waals surface area contributed by atoms with Crippen LogP contribution in [0.25, 0.3) is 88.4 Å². The van der Waals surface area contributed by atoms with E-state index in [2.05, 4.69) is 18.2 Å². The molecule has 0 amide bonds. The first kappa shape index (κ1) is 38.6. The van der Waals surface area contributed by atoms with Gasteiger partial charge in [-0.25, -0.2) is 0 Å². The first-order valence-electron chi connectivity index (χ1n) is 19.9. The van der Waals surface area contributed by atoms with Crippen molar-refractivity contribution in [3.8, 4) is 50.8 Å². The van der Waals surface area contributed by atoms with E-state index in [1.165, 1.54) is 12.1 Å².